The summed E-state index contributed by atoms with van der Waals surface area (Å²) in [6.45, 7) is 3.88. The average molecular weight is 536 g/mol. The fourth-order valence-corrected chi connectivity index (χ4v) is 6.94. The van der Waals surface area contributed by atoms with E-state index in [2.05, 4.69) is 10.6 Å². The number of aliphatic hydroxyl groups excluding tert-OH is 1. The zero-order valence-corrected chi connectivity index (χ0v) is 22.7. The summed E-state index contributed by atoms with van der Waals surface area (Å²) in [6.07, 6.45) is 2.07. The summed E-state index contributed by atoms with van der Waals surface area (Å²) in [5.74, 6) is -1.82. The molecule has 9 heteroatoms. The van der Waals surface area contributed by atoms with Crippen LogP contribution in [0.1, 0.15) is 45.1 Å². The Bertz CT molecular complexity index is 1220. The third kappa shape index (κ3) is 4.37. The molecule has 3 aliphatic heterocycles. The maximum Gasteiger partial charge on any atom is 0.250 e. The average Bonchev–Trinajstić information content (AvgIpc) is 3.57. The van der Waals surface area contributed by atoms with Gasteiger partial charge in [0.1, 0.15) is 17.4 Å². The lowest BCUT2D eigenvalue weighted by Crippen LogP contribution is -2.56. The van der Waals surface area contributed by atoms with E-state index < -0.39 is 35.1 Å². The number of carbonyl (C=O) groups is 3. The summed E-state index contributed by atoms with van der Waals surface area (Å²) in [6, 6.07) is 15.0. The van der Waals surface area contributed by atoms with Crippen molar-refractivity contribution in [1.82, 2.24) is 10.2 Å². The van der Waals surface area contributed by atoms with Gasteiger partial charge in [-0.1, -0.05) is 44.2 Å². The van der Waals surface area contributed by atoms with Gasteiger partial charge in [0.25, 0.3) is 0 Å². The third-order valence-electron chi connectivity index (χ3n) is 8.89. The number of anilines is 1. The predicted molar refractivity (Wildman–Crippen MR) is 145 cm³/mol. The van der Waals surface area contributed by atoms with Gasteiger partial charge >= 0.3 is 0 Å². The Morgan fingerprint density at radius 3 is 2.44 bits per heavy atom. The fraction of sp³-hybridized carbons (Fsp3) is 0.500. The van der Waals surface area contributed by atoms with Crippen molar-refractivity contribution >= 4 is 23.4 Å². The highest BCUT2D eigenvalue weighted by Crippen LogP contribution is 2.64. The molecule has 2 bridgehead atoms. The van der Waals surface area contributed by atoms with Crippen LogP contribution in [0.15, 0.2) is 54.6 Å². The zero-order valence-electron chi connectivity index (χ0n) is 22.7. The Balaban J connectivity index is 1.49. The second-order valence-electron chi connectivity index (χ2n) is 10.7. The van der Waals surface area contributed by atoms with Crippen molar-refractivity contribution in [3.05, 3.63) is 60.2 Å². The number of hydrogen-bond acceptors (Lipinski definition) is 6. The quantitative estimate of drug-likeness (QED) is 0.431. The van der Waals surface area contributed by atoms with Gasteiger partial charge in [0.2, 0.25) is 17.7 Å². The maximum absolute atomic E-state index is 14.2. The van der Waals surface area contributed by atoms with Crippen LogP contribution in [0.25, 0.3) is 0 Å². The molecule has 2 unspecified atom stereocenters. The molecule has 3 N–H and O–H groups in total. The monoisotopic (exact) mass is 535 g/mol. The SMILES string of the molecule is CC[C@@H](CO)N1C(=O)[C@@H]2[C@@H](C(=O)NCc3ccccc3)[C@@]3(CC)CCC2(O3)C1C(=O)Nc1ccc(OC)cc1. The second kappa shape index (κ2) is 10.6. The standard InChI is InChI=1S/C30H37N3O6/c1-4-21(18-34)33-25(27(36)32-20-11-13-22(38-3)14-12-20)30-16-15-29(5-2,39-30)23(24(30)28(33)37)26(35)31-17-19-9-7-6-8-10-19/h6-14,21,23-25,34H,4-5,15-18H2,1-3H3,(H,31,35)(H,32,36)/t21-,23-,24-,25?,29+,30?/m0/s1. The largest absolute Gasteiger partial charge is 0.497 e. The van der Waals surface area contributed by atoms with E-state index in [9.17, 15) is 19.5 Å². The summed E-state index contributed by atoms with van der Waals surface area (Å²) in [7, 11) is 1.57. The van der Waals surface area contributed by atoms with Crippen molar-refractivity contribution in [2.45, 2.75) is 69.4 Å². The Morgan fingerprint density at radius 2 is 1.82 bits per heavy atom. The number of ether oxygens (including phenoxy) is 2. The number of fused-ring (bicyclic) bond motifs is 1. The molecule has 0 saturated carbocycles. The number of amides is 3. The van der Waals surface area contributed by atoms with Gasteiger partial charge < -0.3 is 30.1 Å². The number of aliphatic hydroxyl groups is 1. The molecular weight excluding hydrogens is 498 g/mol. The van der Waals surface area contributed by atoms with E-state index in [0.29, 0.717) is 43.7 Å². The number of hydrogen-bond donors (Lipinski definition) is 3. The van der Waals surface area contributed by atoms with Crippen LogP contribution >= 0.6 is 0 Å². The first kappa shape index (κ1) is 27.1. The van der Waals surface area contributed by atoms with Gasteiger partial charge in [-0.15, -0.1) is 0 Å². The first-order valence-electron chi connectivity index (χ1n) is 13.7. The lowest BCUT2D eigenvalue weighted by molar-refractivity contribution is -0.149. The Hall–Kier alpha value is -3.43. The third-order valence-corrected chi connectivity index (χ3v) is 8.89. The topological polar surface area (TPSA) is 117 Å². The zero-order chi connectivity index (χ0) is 27.8. The molecule has 3 heterocycles. The number of rotatable bonds is 10. The smallest absolute Gasteiger partial charge is 0.250 e. The number of carbonyl (C=O) groups excluding carboxylic acids is 3. The van der Waals surface area contributed by atoms with Crippen molar-refractivity contribution in [1.29, 1.82) is 0 Å². The summed E-state index contributed by atoms with van der Waals surface area (Å²) >= 11 is 0. The molecule has 3 fully saturated rings. The lowest BCUT2D eigenvalue weighted by atomic mass is 9.65. The van der Waals surface area contributed by atoms with E-state index in [1.807, 2.05) is 44.2 Å². The molecule has 3 saturated heterocycles. The highest BCUT2D eigenvalue weighted by atomic mass is 16.5. The van der Waals surface area contributed by atoms with Gasteiger partial charge in [0, 0.05) is 12.2 Å². The molecule has 6 atom stereocenters. The van der Waals surface area contributed by atoms with Crippen LogP contribution in [0.5, 0.6) is 5.75 Å². The Labute approximate surface area is 228 Å². The van der Waals surface area contributed by atoms with Gasteiger partial charge in [-0.2, -0.15) is 0 Å². The number of nitrogens with zero attached hydrogens (tertiary/aromatic N) is 1. The minimum Gasteiger partial charge on any atom is -0.497 e. The molecule has 3 amide bonds. The Morgan fingerprint density at radius 1 is 1.10 bits per heavy atom. The summed E-state index contributed by atoms with van der Waals surface area (Å²) in [5, 5.41) is 16.2. The van der Waals surface area contributed by atoms with E-state index in [0.717, 1.165) is 5.56 Å². The van der Waals surface area contributed by atoms with E-state index >= 15 is 0 Å². The predicted octanol–water partition coefficient (Wildman–Crippen LogP) is 2.88. The molecule has 9 nitrogen and oxygen atoms in total. The van der Waals surface area contributed by atoms with Gasteiger partial charge in [0.05, 0.1) is 37.2 Å². The van der Waals surface area contributed by atoms with Gasteiger partial charge in [-0.25, -0.2) is 0 Å². The molecular formula is C30H37N3O6. The molecule has 39 heavy (non-hydrogen) atoms. The number of benzene rings is 2. The van der Waals surface area contributed by atoms with Crippen molar-refractivity contribution in [2.75, 3.05) is 19.0 Å². The number of methoxy groups -OCH3 is 1. The van der Waals surface area contributed by atoms with Crippen LogP contribution < -0.4 is 15.4 Å². The second-order valence-corrected chi connectivity index (χ2v) is 10.7. The van der Waals surface area contributed by atoms with Gasteiger partial charge in [-0.05, 0) is 55.5 Å². The van der Waals surface area contributed by atoms with Crippen LogP contribution in [0, 0.1) is 11.8 Å². The highest BCUT2D eigenvalue weighted by Gasteiger charge is 2.79. The van der Waals surface area contributed by atoms with Crippen LogP contribution in [0.3, 0.4) is 0 Å². The molecule has 0 aromatic heterocycles. The van der Waals surface area contributed by atoms with E-state index in [-0.39, 0.29) is 24.3 Å². The number of likely N-dealkylation sites (tertiary alicyclic amines) is 1. The van der Waals surface area contributed by atoms with Gasteiger partial charge in [-0.3, -0.25) is 14.4 Å². The van der Waals surface area contributed by atoms with E-state index in [1.54, 1.807) is 31.4 Å². The van der Waals surface area contributed by atoms with Crippen LogP contribution in [0.4, 0.5) is 5.69 Å². The first-order valence-corrected chi connectivity index (χ1v) is 13.7. The molecule has 5 rings (SSSR count). The molecule has 0 aliphatic carbocycles. The van der Waals surface area contributed by atoms with Crippen LogP contribution in [-0.4, -0.2) is 64.7 Å². The van der Waals surface area contributed by atoms with Crippen molar-refractivity contribution < 1.29 is 29.0 Å². The van der Waals surface area contributed by atoms with Crippen molar-refractivity contribution in [3.8, 4) is 5.75 Å². The van der Waals surface area contributed by atoms with Crippen molar-refractivity contribution in [2.24, 2.45) is 11.8 Å². The van der Waals surface area contributed by atoms with Crippen LogP contribution in [0.2, 0.25) is 0 Å². The molecule has 2 aromatic carbocycles. The molecule has 2 aromatic rings. The van der Waals surface area contributed by atoms with E-state index in [1.165, 1.54) is 4.90 Å². The highest BCUT2D eigenvalue weighted by molar-refractivity contribution is 6.04. The molecule has 1 spiro atoms. The van der Waals surface area contributed by atoms with Crippen molar-refractivity contribution in [3.63, 3.8) is 0 Å². The number of nitrogens with one attached hydrogen (secondary N) is 2. The summed E-state index contributed by atoms with van der Waals surface area (Å²) < 4.78 is 12.0. The molecule has 0 radical (unpaired) electrons. The normalized spacial score (nSPS) is 29.7. The molecule has 3 aliphatic rings. The van der Waals surface area contributed by atoms with Gasteiger partial charge in [0.15, 0.2) is 0 Å². The Kier molecular flexibility index (Phi) is 7.39. The first-order chi connectivity index (χ1) is 18.8. The summed E-state index contributed by atoms with van der Waals surface area (Å²) in [5.41, 5.74) is -0.467. The minimum absolute atomic E-state index is 0.242. The fourth-order valence-electron chi connectivity index (χ4n) is 6.94. The van der Waals surface area contributed by atoms with Crippen LogP contribution in [-0.2, 0) is 25.7 Å². The molecule has 208 valence electrons. The minimum atomic E-state index is -1.15. The lowest BCUT2D eigenvalue weighted by Gasteiger charge is -2.37. The maximum atomic E-state index is 14.2. The van der Waals surface area contributed by atoms with E-state index in [4.69, 9.17) is 9.47 Å². The summed E-state index contributed by atoms with van der Waals surface area (Å²) in [4.78, 5) is 43.4.